The summed E-state index contributed by atoms with van der Waals surface area (Å²) in [5, 5.41) is 0. The fraction of sp³-hybridized carbons (Fsp3) is 0.600. The molecular formula is C20H26FNO4. The van der Waals surface area contributed by atoms with E-state index in [-0.39, 0.29) is 30.5 Å². The Hall–Kier alpha value is -1.95. The van der Waals surface area contributed by atoms with Gasteiger partial charge in [-0.15, -0.1) is 0 Å². The number of fused-ring (bicyclic) bond motifs is 1. The van der Waals surface area contributed by atoms with E-state index in [9.17, 15) is 14.0 Å². The van der Waals surface area contributed by atoms with Gasteiger partial charge in [0.2, 0.25) is 0 Å². The number of nitrogens with zero attached hydrogens (tertiary/aromatic N) is 1. The summed E-state index contributed by atoms with van der Waals surface area (Å²) in [5.41, 5.74) is 0.735. The van der Waals surface area contributed by atoms with Gasteiger partial charge in [0.25, 0.3) is 5.91 Å². The number of rotatable bonds is 5. The summed E-state index contributed by atoms with van der Waals surface area (Å²) in [4.78, 5) is 26.5. The zero-order valence-corrected chi connectivity index (χ0v) is 15.2. The topological polar surface area (TPSA) is 55.8 Å². The first kappa shape index (κ1) is 18.8. The Balaban J connectivity index is 1.49. The molecule has 1 aromatic rings. The molecule has 1 aliphatic heterocycles. The maximum absolute atomic E-state index is 13.2. The third-order valence-corrected chi connectivity index (χ3v) is 5.22. The van der Waals surface area contributed by atoms with Crippen LogP contribution in [0.4, 0.5) is 4.39 Å². The lowest BCUT2D eigenvalue weighted by Gasteiger charge is -2.43. The Kier molecular flexibility index (Phi) is 6.25. The van der Waals surface area contributed by atoms with Gasteiger partial charge in [-0.25, -0.2) is 4.39 Å². The first-order valence-corrected chi connectivity index (χ1v) is 9.37. The average Bonchev–Trinajstić information content (AvgIpc) is 2.65. The van der Waals surface area contributed by atoms with Crippen molar-refractivity contribution >= 4 is 11.9 Å². The van der Waals surface area contributed by atoms with E-state index in [0.717, 1.165) is 31.2 Å². The van der Waals surface area contributed by atoms with E-state index >= 15 is 0 Å². The van der Waals surface area contributed by atoms with Crippen LogP contribution in [0.25, 0.3) is 0 Å². The number of carbonyl (C=O) groups excluding carboxylic acids is 2. The zero-order chi connectivity index (χ0) is 18.5. The van der Waals surface area contributed by atoms with E-state index in [0.29, 0.717) is 19.6 Å². The maximum atomic E-state index is 13.2. The molecule has 26 heavy (non-hydrogen) atoms. The van der Waals surface area contributed by atoms with Crippen LogP contribution < -0.4 is 0 Å². The normalized spacial score (nSPS) is 23.8. The lowest BCUT2D eigenvalue weighted by molar-refractivity contribution is -0.162. The first-order chi connectivity index (χ1) is 12.5. The van der Waals surface area contributed by atoms with Crippen LogP contribution in [-0.4, -0.2) is 48.7 Å². The molecule has 1 aliphatic carbocycles. The van der Waals surface area contributed by atoms with Gasteiger partial charge in [-0.2, -0.15) is 0 Å². The van der Waals surface area contributed by atoms with Crippen molar-refractivity contribution in [1.29, 1.82) is 0 Å². The number of morpholine rings is 1. The highest BCUT2D eigenvalue weighted by Crippen LogP contribution is 2.28. The maximum Gasteiger partial charge on any atom is 0.309 e. The fourth-order valence-electron chi connectivity index (χ4n) is 3.86. The van der Waals surface area contributed by atoms with Crippen molar-refractivity contribution < 1.29 is 23.5 Å². The number of ether oxygens (including phenoxy) is 2. The van der Waals surface area contributed by atoms with E-state index < -0.39 is 11.9 Å². The standard InChI is InChI=1S/C20H26FNO4/c1-14(11-15-5-4-6-16(21)12-15)20(24)26-13-19(23)22-9-10-25-18-8-3-2-7-17(18)22/h4-6,12,14,17-18H,2-3,7-11,13H2,1H3. The second-order valence-electron chi connectivity index (χ2n) is 7.19. The molecule has 1 amide bonds. The van der Waals surface area contributed by atoms with Crippen molar-refractivity contribution in [3.8, 4) is 0 Å². The van der Waals surface area contributed by atoms with Crippen molar-refractivity contribution in [2.75, 3.05) is 19.8 Å². The molecule has 0 bridgehead atoms. The summed E-state index contributed by atoms with van der Waals surface area (Å²) in [6.45, 7) is 2.58. The number of hydrogen-bond donors (Lipinski definition) is 0. The molecule has 1 heterocycles. The fourth-order valence-corrected chi connectivity index (χ4v) is 3.86. The van der Waals surface area contributed by atoms with Gasteiger partial charge in [0.15, 0.2) is 6.61 Å². The van der Waals surface area contributed by atoms with Crippen LogP contribution in [0, 0.1) is 11.7 Å². The predicted octanol–water partition coefficient (Wildman–Crippen LogP) is 2.72. The molecule has 1 saturated heterocycles. The number of benzene rings is 1. The van der Waals surface area contributed by atoms with Crippen LogP contribution in [0.5, 0.6) is 0 Å². The van der Waals surface area contributed by atoms with Crippen LogP contribution in [0.15, 0.2) is 24.3 Å². The van der Waals surface area contributed by atoms with Gasteiger partial charge in [0.1, 0.15) is 5.82 Å². The van der Waals surface area contributed by atoms with Crippen molar-refractivity contribution in [3.05, 3.63) is 35.6 Å². The molecule has 0 radical (unpaired) electrons. The van der Waals surface area contributed by atoms with E-state index in [4.69, 9.17) is 9.47 Å². The third kappa shape index (κ3) is 4.61. The highest BCUT2D eigenvalue weighted by atomic mass is 19.1. The van der Waals surface area contributed by atoms with Gasteiger partial charge in [-0.3, -0.25) is 9.59 Å². The summed E-state index contributed by atoms with van der Waals surface area (Å²) in [6, 6.07) is 6.27. The van der Waals surface area contributed by atoms with E-state index in [1.54, 1.807) is 19.1 Å². The van der Waals surface area contributed by atoms with Crippen molar-refractivity contribution in [2.45, 2.75) is 51.2 Å². The second-order valence-corrected chi connectivity index (χ2v) is 7.19. The van der Waals surface area contributed by atoms with Gasteiger partial charge in [0, 0.05) is 6.54 Å². The molecule has 3 rings (SSSR count). The predicted molar refractivity (Wildman–Crippen MR) is 93.9 cm³/mol. The first-order valence-electron chi connectivity index (χ1n) is 9.37. The molecule has 142 valence electrons. The number of carbonyl (C=O) groups is 2. The van der Waals surface area contributed by atoms with Crippen LogP contribution in [0.2, 0.25) is 0 Å². The van der Waals surface area contributed by atoms with Gasteiger partial charge < -0.3 is 14.4 Å². The molecular weight excluding hydrogens is 337 g/mol. The molecule has 0 N–H and O–H groups in total. The Morgan fingerprint density at radius 2 is 2.15 bits per heavy atom. The quantitative estimate of drug-likeness (QED) is 0.755. The highest BCUT2D eigenvalue weighted by Gasteiger charge is 2.36. The van der Waals surface area contributed by atoms with Gasteiger partial charge >= 0.3 is 5.97 Å². The lowest BCUT2D eigenvalue weighted by atomic mass is 9.90. The Morgan fingerprint density at radius 3 is 2.96 bits per heavy atom. The number of esters is 1. The summed E-state index contributed by atoms with van der Waals surface area (Å²) in [6.07, 6.45) is 4.66. The SMILES string of the molecule is CC(Cc1cccc(F)c1)C(=O)OCC(=O)N1CCOC2CCCCC21. The van der Waals surface area contributed by atoms with Crippen molar-refractivity contribution in [3.63, 3.8) is 0 Å². The molecule has 1 saturated carbocycles. The largest absolute Gasteiger partial charge is 0.455 e. The molecule has 5 nitrogen and oxygen atoms in total. The number of hydrogen-bond acceptors (Lipinski definition) is 4. The summed E-state index contributed by atoms with van der Waals surface area (Å²) in [7, 11) is 0. The van der Waals surface area contributed by atoms with Gasteiger partial charge in [-0.05, 0) is 37.0 Å². The number of amides is 1. The third-order valence-electron chi connectivity index (χ3n) is 5.22. The van der Waals surface area contributed by atoms with E-state index in [1.165, 1.54) is 12.1 Å². The average molecular weight is 363 g/mol. The van der Waals surface area contributed by atoms with Gasteiger partial charge in [-0.1, -0.05) is 31.9 Å². The minimum Gasteiger partial charge on any atom is -0.455 e. The molecule has 2 fully saturated rings. The zero-order valence-electron chi connectivity index (χ0n) is 15.2. The minimum atomic E-state index is -0.434. The van der Waals surface area contributed by atoms with Crippen LogP contribution >= 0.6 is 0 Å². The Morgan fingerprint density at radius 1 is 1.35 bits per heavy atom. The second kappa shape index (κ2) is 8.62. The van der Waals surface area contributed by atoms with Crippen LogP contribution in [0.1, 0.15) is 38.2 Å². The number of halogens is 1. The molecule has 3 unspecified atom stereocenters. The smallest absolute Gasteiger partial charge is 0.309 e. The Labute approximate surface area is 153 Å². The van der Waals surface area contributed by atoms with E-state index in [1.807, 2.05) is 4.90 Å². The molecule has 2 aliphatic rings. The van der Waals surface area contributed by atoms with Crippen LogP contribution in [0.3, 0.4) is 0 Å². The van der Waals surface area contributed by atoms with Crippen LogP contribution in [-0.2, 0) is 25.5 Å². The molecule has 3 atom stereocenters. The van der Waals surface area contributed by atoms with Crippen molar-refractivity contribution in [2.24, 2.45) is 5.92 Å². The lowest BCUT2D eigenvalue weighted by Crippen LogP contribution is -2.55. The minimum absolute atomic E-state index is 0.105. The molecule has 0 spiro atoms. The summed E-state index contributed by atoms with van der Waals surface area (Å²) in [5.74, 6) is -1.35. The monoisotopic (exact) mass is 363 g/mol. The summed E-state index contributed by atoms with van der Waals surface area (Å²) < 4.78 is 24.2. The summed E-state index contributed by atoms with van der Waals surface area (Å²) >= 11 is 0. The molecule has 6 heteroatoms. The Bertz CT molecular complexity index is 648. The molecule has 1 aromatic carbocycles. The van der Waals surface area contributed by atoms with Gasteiger partial charge in [0.05, 0.1) is 24.7 Å². The van der Waals surface area contributed by atoms with E-state index in [2.05, 4.69) is 0 Å². The highest BCUT2D eigenvalue weighted by molar-refractivity contribution is 5.81. The van der Waals surface area contributed by atoms with Crippen molar-refractivity contribution in [1.82, 2.24) is 4.90 Å². The molecule has 0 aromatic heterocycles.